The molecule has 0 spiro atoms. The van der Waals surface area contributed by atoms with Gasteiger partial charge in [-0.3, -0.25) is 0 Å². The minimum absolute atomic E-state index is 0.312. The van der Waals surface area contributed by atoms with Gasteiger partial charge in [-0.05, 0) is 25.0 Å². The van der Waals surface area contributed by atoms with Gasteiger partial charge in [0.2, 0.25) is 0 Å². The Morgan fingerprint density at radius 3 is 2.26 bits per heavy atom. The molecule has 0 atom stereocenters. The third-order valence-electron chi connectivity index (χ3n) is 3.33. The maximum absolute atomic E-state index is 11.9. The maximum Gasteiger partial charge on any atom is 0.177 e. The fourth-order valence-electron chi connectivity index (χ4n) is 2.38. The highest BCUT2D eigenvalue weighted by Crippen LogP contribution is 2.28. The molecule has 0 bridgehead atoms. The molecule has 0 fully saturated rings. The fourth-order valence-corrected chi connectivity index (χ4v) is 3.27. The van der Waals surface area contributed by atoms with E-state index in [1.54, 1.807) is 12.1 Å². The van der Waals surface area contributed by atoms with Crippen LogP contribution < -0.4 is 10.6 Å². The van der Waals surface area contributed by atoms with Crippen LogP contribution in [0.5, 0.6) is 0 Å². The van der Waals surface area contributed by atoms with E-state index in [2.05, 4.69) is 18.7 Å². The third-order valence-corrected chi connectivity index (χ3v) is 4.47. The quantitative estimate of drug-likeness (QED) is 0.832. The highest BCUT2D eigenvalue weighted by atomic mass is 32.2. The first-order valence-corrected chi connectivity index (χ1v) is 8.60. The molecule has 19 heavy (non-hydrogen) atoms. The van der Waals surface area contributed by atoms with Crippen LogP contribution in [0.1, 0.15) is 26.7 Å². The molecule has 2 N–H and O–H groups in total. The number of hydrogen-bond donors (Lipinski definition) is 1. The molecule has 0 radical (unpaired) electrons. The van der Waals surface area contributed by atoms with Crippen molar-refractivity contribution in [1.82, 2.24) is 0 Å². The van der Waals surface area contributed by atoms with Crippen LogP contribution in [-0.4, -0.2) is 33.8 Å². The number of rotatable bonds is 7. The molecular formula is C14H24N2O2S. The summed E-state index contributed by atoms with van der Waals surface area (Å²) in [6.45, 7) is 5.40. The number of sulfone groups is 1. The number of benzene rings is 1. The first-order valence-electron chi connectivity index (χ1n) is 6.71. The van der Waals surface area contributed by atoms with Gasteiger partial charge in [0.05, 0.1) is 10.6 Å². The van der Waals surface area contributed by atoms with Crippen molar-refractivity contribution in [3.05, 3.63) is 24.3 Å². The van der Waals surface area contributed by atoms with Crippen molar-refractivity contribution in [3.63, 3.8) is 0 Å². The second kappa shape index (κ2) is 6.91. The lowest BCUT2D eigenvalue weighted by molar-refractivity contribution is 0.554. The molecule has 0 amide bonds. The van der Waals surface area contributed by atoms with Crippen LogP contribution in [0.2, 0.25) is 0 Å². The second-order valence-corrected chi connectivity index (χ2v) is 6.68. The molecule has 1 aromatic carbocycles. The predicted octanol–water partition coefficient (Wildman–Crippen LogP) is 2.04. The van der Waals surface area contributed by atoms with E-state index in [1.165, 1.54) is 6.26 Å². The largest absolute Gasteiger partial charge is 0.366 e. The zero-order valence-corrected chi connectivity index (χ0v) is 12.8. The summed E-state index contributed by atoms with van der Waals surface area (Å²) in [6, 6.07) is 7.47. The number of nitrogens with zero attached hydrogens (tertiary/aromatic N) is 1. The Kier molecular flexibility index (Phi) is 5.82. The van der Waals surface area contributed by atoms with E-state index in [0.29, 0.717) is 24.0 Å². The summed E-state index contributed by atoms with van der Waals surface area (Å²) in [4.78, 5) is 2.51. The van der Waals surface area contributed by atoms with Gasteiger partial charge in [-0.15, -0.1) is 0 Å². The summed E-state index contributed by atoms with van der Waals surface area (Å²) in [7, 11) is -3.23. The molecule has 0 heterocycles. The molecule has 0 unspecified atom stereocenters. The van der Waals surface area contributed by atoms with Crippen molar-refractivity contribution in [2.45, 2.75) is 37.6 Å². The molecule has 108 valence electrons. The van der Waals surface area contributed by atoms with Crippen LogP contribution >= 0.6 is 0 Å². The van der Waals surface area contributed by atoms with E-state index in [-0.39, 0.29) is 0 Å². The molecule has 0 aliphatic carbocycles. The minimum Gasteiger partial charge on any atom is -0.366 e. The monoisotopic (exact) mass is 284 g/mol. The van der Waals surface area contributed by atoms with Crippen molar-refractivity contribution in [2.24, 2.45) is 5.73 Å². The minimum atomic E-state index is -3.23. The Bertz CT molecular complexity index is 496. The van der Waals surface area contributed by atoms with E-state index in [4.69, 9.17) is 5.73 Å². The van der Waals surface area contributed by atoms with E-state index in [0.717, 1.165) is 18.5 Å². The van der Waals surface area contributed by atoms with Gasteiger partial charge in [0.25, 0.3) is 0 Å². The van der Waals surface area contributed by atoms with Crippen molar-refractivity contribution in [2.75, 3.05) is 24.2 Å². The fraction of sp³-hybridized carbons (Fsp3) is 0.571. The molecule has 0 aliphatic rings. The number of hydrogen-bond acceptors (Lipinski definition) is 4. The molecule has 0 saturated carbocycles. The summed E-state index contributed by atoms with van der Waals surface area (Å²) in [6.07, 6.45) is 3.18. The van der Waals surface area contributed by atoms with Crippen LogP contribution in [-0.2, 0) is 9.84 Å². The van der Waals surface area contributed by atoms with E-state index < -0.39 is 9.84 Å². The van der Waals surface area contributed by atoms with E-state index in [9.17, 15) is 8.42 Å². The van der Waals surface area contributed by atoms with E-state index in [1.807, 2.05) is 12.1 Å². The second-order valence-electron chi connectivity index (χ2n) is 4.69. The predicted molar refractivity (Wildman–Crippen MR) is 80.3 cm³/mol. The van der Waals surface area contributed by atoms with Gasteiger partial charge in [-0.2, -0.15) is 0 Å². The Labute approximate surface area is 116 Å². The summed E-state index contributed by atoms with van der Waals surface area (Å²) in [5.41, 5.74) is 6.45. The van der Waals surface area contributed by atoms with Gasteiger partial charge in [0, 0.05) is 25.4 Å². The first-order chi connectivity index (χ1) is 8.95. The van der Waals surface area contributed by atoms with Gasteiger partial charge in [-0.1, -0.05) is 26.0 Å². The van der Waals surface area contributed by atoms with Gasteiger partial charge < -0.3 is 10.6 Å². The normalized spacial score (nSPS) is 11.8. The van der Waals surface area contributed by atoms with Gasteiger partial charge in [-0.25, -0.2) is 8.42 Å². The molecule has 0 aliphatic heterocycles. The average molecular weight is 284 g/mol. The van der Waals surface area contributed by atoms with Crippen molar-refractivity contribution < 1.29 is 8.42 Å². The van der Waals surface area contributed by atoms with Crippen LogP contribution in [0.3, 0.4) is 0 Å². The summed E-state index contributed by atoms with van der Waals surface area (Å²) < 4.78 is 23.8. The lowest BCUT2D eigenvalue weighted by atomic mass is 10.1. The molecule has 0 saturated heterocycles. The number of anilines is 1. The SMILES string of the molecule is CCC(CC)N(CCN)c1ccccc1S(C)(=O)=O. The molecule has 5 heteroatoms. The van der Waals surface area contributed by atoms with Crippen LogP contribution in [0.4, 0.5) is 5.69 Å². The van der Waals surface area contributed by atoms with Crippen molar-refractivity contribution >= 4 is 15.5 Å². The third kappa shape index (κ3) is 3.94. The summed E-state index contributed by atoms with van der Waals surface area (Å²) in [5.74, 6) is 0. The lowest BCUT2D eigenvalue weighted by Gasteiger charge is -2.33. The average Bonchev–Trinajstić information content (AvgIpc) is 2.38. The van der Waals surface area contributed by atoms with Gasteiger partial charge >= 0.3 is 0 Å². The standard InChI is InChI=1S/C14H24N2O2S/c1-4-12(5-2)16(11-10-15)13-8-6-7-9-14(13)19(3,17)18/h6-9,12H,4-5,10-11,15H2,1-3H3. The van der Waals surface area contributed by atoms with Gasteiger partial charge in [0.1, 0.15) is 0 Å². The Morgan fingerprint density at radius 1 is 1.21 bits per heavy atom. The van der Waals surface area contributed by atoms with Crippen molar-refractivity contribution in [1.29, 1.82) is 0 Å². The molecule has 1 aromatic rings. The zero-order chi connectivity index (χ0) is 14.5. The summed E-state index contributed by atoms with van der Waals surface area (Å²) in [5, 5.41) is 0. The lowest BCUT2D eigenvalue weighted by Crippen LogP contribution is -2.39. The van der Waals surface area contributed by atoms with Crippen molar-refractivity contribution in [3.8, 4) is 0 Å². The highest BCUT2D eigenvalue weighted by Gasteiger charge is 2.21. The number of nitrogens with two attached hydrogens (primary N) is 1. The van der Waals surface area contributed by atoms with E-state index >= 15 is 0 Å². The molecular weight excluding hydrogens is 260 g/mol. The molecule has 4 nitrogen and oxygen atoms in total. The Balaban J connectivity index is 3.30. The van der Waals surface area contributed by atoms with Crippen LogP contribution in [0, 0.1) is 0 Å². The molecule has 1 rings (SSSR count). The zero-order valence-electron chi connectivity index (χ0n) is 12.0. The van der Waals surface area contributed by atoms with Gasteiger partial charge in [0.15, 0.2) is 9.84 Å². The smallest absolute Gasteiger partial charge is 0.177 e. The Hall–Kier alpha value is -1.07. The highest BCUT2D eigenvalue weighted by molar-refractivity contribution is 7.90. The summed E-state index contributed by atoms with van der Waals surface area (Å²) >= 11 is 0. The molecule has 0 aromatic heterocycles. The Morgan fingerprint density at radius 2 is 1.79 bits per heavy atom. The maximum atomic E-state index is 11.9. The first kappa shape index (κ1) is 16.0. The number of para-hydroxylation sites is 1. The van der Waals surface area contributed by atoms with Crippen LogP contribution in [0.15, 0.2) is 29.2 Å². The topological polar surface area (TPSA) is 63.4 Å². The van der Waals surface area contributed by atoms with Crippen LogP contribution in [0.25, 0.3) is 0 Å².